The van der Waals surface area contributed by atoms with Crippen LogP contribution in [0.1, 0.15) is 34.6 Å². The largest absolute Gasteiger partial charge is 0.465 e. The van der Waals surface area contributed by atoms with E-state index in [1.807, 2.05) is 57.2 Å². The van der Waals surface area contributed by atoms with E-state index in [-0.39, 0.29) is 0 Å². The average Bonchev–Trinajstić information content (AvgIpc) is 2.76. The lowest BCUT2D eigenvalue weighted by Crippen LogP contribution is -2.77. The van der Waals surface area contributed by atoms with E-state index in [2.05, 4.69) is 5.32 Å². The monoisotopic (exact) mass is 513 g/mol. The molecule has 1 aliphatic rings. The van der Waals surface area contributed by atoms with Gasteiger partial charge in [-0.05, 0) is 5.04 Å². The number of nitrogens with one attached hydrogen (secondary N) is 1. The van der Waals surface area contributed by atoms with Crippen molar-refractivity contribution in [1.29, 1.82) is 0 Å². The Morgan fingerprint density at radius 3 is 1.69 bits per heavy atom. The van der Waals surface area contributed by atoms with Crippen molar-refractivity contribution in [3.63, 3.8) is 0 Å². The van der Waals surface area contributed by atoms with Crippen molar-refractivity contribution in [2.75, 3.05) is 0 Å². The zero-order chi connectivity index (χ0) is 26.9. The van der Waals surface area contributed by atoms with Crippen molar-refractivity contribution in [3.8, 4) is 0 Å². The average molecular weight is 514 g/mol. The van der Waals surface area contributed by atoms with Gasteiger partial charge in [0.1, 0.15) is 6.04 Å². The van der Waals surface area contributed by atoms with Gasteiger partial charge in [-0.25, -0.2) is 4.79 Å². The highest BCUT2D eigenvalue weighted by Crippen LogP contribution is 2.39. The Morgan fingerprint density at radius 2 is 1.33 bits per heavy atom. The van der Waals surface area contributed by atoms with Crippen LogP contribution in [0.2, 0.25) is 5.04 Å². The first-order chi connectivity index (χ1) is 16.7. The molecule has 0 radical (unpaired) electrons. The molecule has 3 N–H and O–H groups in total. The number of aliphatic hydroxyl groups is 1. The molecule has 2 atom stereocenters. The summed E-state index contributed by atoms with van der Waals surface area (Å²) in [6.07, 6.45) is -1.59. The summed E-state index contributed by atoms with van der Waals surface area (Å²) in [5, 5.41) is 24.6. The van der Waals surface area contributed by atoms with E-state index >= 15 is 0 Å². The maximum Gasteiger partial charge on any atom is 0.405 e. The van der Waals surface area contributed by atoms with Crippen LogP contribution in [0.3, 0.4) is 0 Å². The summed E-state index contributed by atoms with van der Waals surface area (Å²) in [4.78, 5) is 50.8. The molecule has 1 fully saturated rings. The molecular weight excluding hydrogens is 482 g/mol. The van der Waals surface area contributed by atoms with Crippen LogP contribution >= 0.6 is 0 Å². The molecule has 192 valence electrons. The number of ether oxygens (including phenoxy) is 2. The molecule has 0 aliphatic carbocycles. The lowest BCUT2D eigenvalue weighted by molar-refractivity contribution is -0.238. The normalized spacial score (nSPS) is 17.9. The molecule has 3 rings (SSSR count). The number of Topliss-reactive ketones (excluding diaryl/α,β-unsaturated/α-hetero) is 1. The van der Waals surface area contributed by atoms with Gasteiger partial charge in [0.05, 0.1) is 5.73 Å². The van der Waals surface area contributed by atoms with E-state index in [4.69, 9.17) is 9.47 Å². The zero-order valence-electron chi connectivity index (χ0n) is 20.8. The second-order valence-corrected chi connectivity index (χ2v) is 15.1. The van der Waals surface area contributed by atoms with Gasteiger partial charge in [-0.15, -0.1) is 0 Å². The van der Waals surface area contributed by atoms with E-state index in [1.165, 1.54) is 13.8 Å². The molecular formula is C26H31NO8Si. The van der Waals surface area contributed by atoms with Crippen LogP contribution in [0.25, 0.3) is 0 Å². The Hall–Kier alpha value is -3.50. The molecule has 2 aromatic carbocycles. The van der Waals surface area contributed by atoms with Crippen LogP contribution in [-0.2, 0) is 23.9 Å². The second kappa shape index (κ2) is 9.86. The molecule has 1 saturated heterocycles. The smallest absolute Gasteiger partial charge is 0.405 e. The van der Waals surface area contributed by atoms with Gasteiger partial charge in [0.2, 0.25) is 5.92 Å². The van der Waals surface area contributed by atoms with Gasteiger partial charge in [-0.2, -0.15) is 0 Å². The molecule has 10 heteroatoms. The number of aliphatic hydroxyl groups excluding tert-OH is 1. The highest BCUT2D eigenvalue weighted by atomic mass is 28.3. The number of ketones is 1. The first-order valence-corrected chi connectivity index (χ1v) is 13.6. The minimum atomic E-state index is -3.48. The fraction of sp³-hybridized carbons (Fsp3) is 0.385. The first-order valence-electron chi connectivity index (χ1n) is 11.5. The Labute approximate surface area is 210 Å². The third kappa shape index (κ3) is 4.91. The van der Waals surface area contributed by atoms with E-state index < -0.39 is 60.4 Å². The third-order valence-electron chi connectivity index (χ3n) is 6.43. The standard InChI is InChI=1S/C26H31NO8Si/c1-25(2,3)36(16-12-8-6-9-13-16,17-14-10-7-11-15-17)23(31)19(27-24(32)33)20(28)18-21(29)34-26(4,5)35-22(18)30/h6-15,18-19,23,27,31H,1-5H3,(H,32,33)/t19-,23?/m1/s1. The van der Waals surface area contributed by atoms with Crippen LogP contribution in [0.5, 0.6) is 0 Å². The lowest BCUT2D eigenvalue weighted by Gasteiger charge is -2.49. The van der Waals surface area contributed by atoms with Gasteiger partial charge in [0, 0.05) is 13.8 Å². The molecule has 0 bridgehead atoms. The molecule has 0 aromatic heterocycles. The van der Waals surface area contributed by atoms with Crippen molar-refractivity contribution >= 4 is 42.3 Å². The van der Waals surface area contributed by atoms with E-state index in [0.717, 1.165) is 10.4 Å². The number of hydrogen-bond acceptors (Lipinski definition) is 7. The molecule has 2 aromatic rings. The second-order valence-electron chi connectivity index (χ2n) is 10.2. The van der Waals surface area contributed by atoms with Gasteiger partial charge in [-0.1, -0.05) is 91.8 Å². The highest BCUT2D eigenvalue weighted by Gasteiger charge is 2.59. The third-order valence-corrected chi connectivity index (χ3v) is 12.5. The Balaban J connectivity index is 2.24. The summed E-state index contributed by atoms with van der Waals surface area (Å²) >= 11 is 0. The molecule has 0 spiro atoms. The highest BCUT2D eigenvalue weighted by molar-refractivity contribution is 7.05. The van der Waals surface area contributed by atoms with Gasteiger partial charge < -0.3 is 25.0 Å². The van der Waals surface area contributed by atoms with Crippen molar-refractivity contribution in [2.24, 2.45) is 5.92 Å². The molecule has 1 amide bonds. The number of esters is 2. The number of carbonyl (C=O) groups is 4. The summed E-state index contributed by atoms with van der Waals surface area (Å²) in [5.41, 5.74) is -1.61. The Kier molecular flexibility index (Phi) is 7.42. The number of rotatable bonds is 7. The first kappa shape index (κ1) is 27.1. The fourth-order valence-electron chi connectivity index (χ4n) is 5.04. The minimum absolute atomic E-state index is 0.663. The predicted octanol–water partition coefficient (Wildman–Crippen LogP) is 1.61. The number of cyclic esters (lactones) is 2. The maximum absolute atomic E-state index is 13.7. The Morgan fingerprint density at radius 1 is 0.917 bits per heavy atom. The number of amides is 1. The molecule has 0 saturated carbocycles. The summed E-state index contributed by atoms with van der Waals surface area (Å²) < 4.78 is 10.2. The molecule has 9 nitrogen and oxygen atoms in total. The van der Waals surface area contributed by atoms with Crippen LogP contribution in [0, 0.1) is 5.92 Å². The minimum Gasteiger partial charge on any atom is -0.465 e. The topological polar surface area (TPSA) is 139 Å². The van der Waals surface area contributed by atoms with Gasteiger partial charge in [0.25, 0.3) is 5.79 Å². The SMILES string of the molecule is CC1(C)OC(=O)C(C(=O)[C@@H](NC(=O)O)C(O)[Si](c2ccccc2)(c2ccccc2)C(C)(C)C)C(=O)O1. The maximum atomic E-state index is 13.7. The number of hydrogen-bond donors (Lipinski definition) is 3. The number of carbonyl (C=O) groups excluding carboxylic acids is 3. The quantitative estimate of drug-likeness (QED) is 0.288. The molecule has 1 unspecified atom stereocenters. The van der Waals surface area contributed by atoms with Gasteiger partial charge in [0.15, 0.2) is 13.9 Å². The summed E-state index contributed by atoms with van der Waals surface area (Å²) in [6.45, 7) is 8.42. The van der Waals surface area contributed by atoms with Crippen molar-refractivity contribution in [1.82, 2.24) is 5.32 Å². The van der Waals surface area contributed by atoms with Crippen LogP contribution < -0.4 is 15.7 Å². The lowest BCUT2D eigenvalue weighted by atomic mass is 9.97. The van der Waals surface area contributed by atoms with Gasteiger partial charge in [-0.3, -0.25) is 14.4 Å². The van der Waals surface area contributed by atoms with E-state index in [0.29, 0.717) is 0 Å². The van der Waals surface area contributed by atoms with E-state index in [1.54, 1.807) is 24.3 Å². The summed E-state index contributed by atoms with van der Waals surface area (Å²) in [7, 11) is -3.48. The Bertz CT molecular complexity index is 1080. The van der Waals surface area contributed by atoms with Crippen molar-refractivity contribution < 1.29 is 38.9 Å². The van der Waals surface area contributed by atoms with Crippen molar-refractivity contribution in [2.45, 2.75) is 57.2 Å². The van der Waals surface area contributed by atoms with Crippen molar-refractivity contribution in [3.05, 3.63) is 60.7 Å². The number of benzene rings is 2. The number of carboxylic acid groups (broad SMARTS) is 1. The van der Waals surface area contributed by atoms with Crippen LogP contribution in [-0.4, -0.2) is 59.7 Å². The predicted molar refractivity (Wildman–Crippen MR) is 133 cm³/mol. The van der Waals surface area contributed by atoms with Crippen LogP contribution in [0.15, 0.2) is 60.7 Å². The van der Waals surface area contributed by atoms with Gasteiger partial charge >= 0.3 is 18.0 Å². The summed E-state index contributed by atoms with van der Waals surface area (Å²) in [5.74, 6) is -7.07. The fourth-order valence-corrected chi connectivity index (χ4v) is 10.9. The summed E-state index contributed by atoms with van der Waals surface area (Å²) in [6, 6.07) is 16.4. The van der Waals surface area contributed by atoms with Crippen LogP contribution in [0.4, 0.5) is 4.79 Å². The zero-order valence-corrected chi connectivity index (χ0v) is 21.8. The molecule has 1 heterocycles. The molecule has 36 heavy (non-hydrogen) atoms. The molecule has 1 aliphatic heterocycles. The van der Waals surface area contributed by atoms with E-state index in [9.17, 15) is 29.4 Å².